The van der Waals surface area contributed by atoms with Crippen molar-refractivity contribution in [1.82, 2.24) is 9.29 Å². The highest BCUT2D eigenvalue weighted by Gasteiger charge is 2.27. The number of nitrogens with one attached hydrogen (secondary N) is 2. The van der Waals surface area contributed by atoms with Crippen molar-refractivity contribution in [3.63, 3.8) is 0 Å². The third kappa shape index (κ3) is 5.38. The smallest absolute Gasteiger partial charge is 0.274 e. The maximum absolute atomic E-state index is 13.1. The second-order valence-corrected chi connectivity index (χ2v) is 9.93. The zero-order valence-electron chi connectivity index (χ0n) is 17.4. The topological polar surface area (TPSA) is 110 Å². The molecular weight excluding hydrogens is 456 g/mol. The minimum atomic E-state index is -3.73. The van der Waals surface area contributed by atoms with Crippen LogP contribution in [0.4, 0.5) is 11.4 Å². The van der Waals surface area contributed by atoms with Gasteiger partial charge in [0, 0.05) is 37.5 Å². The van der Waals surface area contributed by atoms with Gasteiger partial charge < -0.3 is 20.1 Å². The van der Waals surface area contributed by atoms with E-state index in [2.05, 4.69) is 15.6 Å². The van der Waals surface area contributed by atoms with Gasteiger partial charge in [-0.05, 0) is 43.2 Å². The first-order chi connectivity index (χ1) is 15.4. The van der Waals surface area contributed by atoms with Crippen LogP contribution in [-0.4, -0.2) is 69.2 Å². The van der Waals surface area contributed by atoms with Crippen molar-refractivity contribution in [2.45, 2.75) is 23.8 Å². The number of aromatic nitrogens is 1. The molecule has 9 nitrogen and oxygen atoms in total. The first kappa shape index (κ1) is 22.9. The Morgan fingerprint density at radius 2 is 1.97 bits per heavy atom. The Morgan fingerprint density at radius 1 is 1.16 bits per heavy atom. The molecule has 1 aromatic heterocycles. The SMILES string of the molecule is O=C(Nc1cc(S(=O)(=O)N2CCOCC2)ccc1NCC1CCCO1)c1cc(Cl)ccn1. The molecule has 0 aliphatic carbocycles. The third-order valence-corrected chi connectivity index (χ3v) is 7.48. The standard InChI is InChI=1S/C21H25ClN4O5S/c22-15-5-6-23-20(12-15)21(27)25-19-13-17(32(28,29)26-7-10-30-11-8-26)3-4-18(19)24-14-16-2-1-9-31-16/h3-6,12-13,16,24H,1-2,7-11,14H2,(H,25,27). The normalized spacial score (nSPS) is 19.6. The Hall–Kier alpha value is -2.24. The summed E-state index contributed by atoms with van der Waals surface area (Å²) >= 11 is 5.98. The minimum absolute atomic E-state index is 0.0740. The fourth-order valence-electron chi connectivity index (χ4n) is 3.62. The van der Waals surface area contributed by atoms with Gasteiger partial charge in [-0.3, -0.25) is 9.78 Å². The summed E-state index contributed by atoms with van der Waals surface area (Å²) in [6.45, 7) is 2.56. The molecule has 11 heteroatoms. The van der Waals surface area contributed by atoms with E-state index in [-0.39, 0.29) is 29.8 Å². The van der Waals surface area contributed by atoms with E-state index < -0.39 is 15.9 Å². The molecule has 0 radical (unpaired) electrons. The van der Waals surface area contributed by atoms with Crippen LogP contribution in [0.1, 0.15) is 23.3 Å². The number of hydrogen-bond donors (Lipinski definition) is 2. The van der Waals surface area contributed by atoms with Gasteiger partial charge in [-0.1, -0.05) is 11.6 Å². The van der Waals surface area contributed by atoms with E-state index in [1.54, 1.807) is 12.1 Å². The number of anilines is 2. The summed E-state index contributed by atoms with van der Waals surface area (Å²) in [6, 6.07) is 7.68. The molecule has 3 heterocycles. The van der Waals surface area contributed by atoms with Gasteiger partial charge in [0.05, 0.1) is 35.6 Å². The van der Waals surface area contributed by atoms with E-state index in [4.69, 9.17) is 21.1 Å². The summed E-state index contributed by atoms with van der Waals surface area (Å²) in [7, 11) is -3.73. The van der Waals surface area contributed by atoms with Gasteiger partial charge in [0.25, 0.3) is 5.91 Å². The van der Waals surface area contributed by atoms with Gasteiger partial charge in [0.2, 0.25) is 10.0 Å². The molecule has 0 spiro atoms. The third-order valence-electron chi connectivity index (χ3n) is 5.35. The molecule has 0 saturated carbocycles. The van der Waals surface area contributed by atoms with Crippen LogP contribution >= 0.6 is 11.6 Å². The van der Waals surface area contributed by atoms with Gasteiger partial charge in [0.15, 0.2) is 0 Å². The Morgan fingerprint density at radius 3 is 2.69 bits per heavy atom. The highest BCUT2D eigenvalue weighted by molar-refractivity contribution is 7.89. The number of amides is 1. The number of carbonyl (C=O) groups excluding carboxylic acids is 1. The number of hydrogen-bond acceptors (Lipinski definition) is 7. The maximum Gasteiger partial charge on any atom is 0.274 e. The molecule has 4 rings (SSSR count). The fourth-order valence-corrected chi connectivity index (χ4v) is 5.22. The van der Waals surface area contributed by atoms with Crippen molar-refractivity contribution in [1.29, 1.82) is 0 Å². The molecule has 32 heavy (non-hydrogen) atoms. The number of pyridine rings is 1. The number of nitrogens with zero attached hydrogens (tertiary/aromatic N) is 2. The van der Waals surface area contributed by atoms with Crippen LogP contribution in [0.5, 0.6) is 0 Å². The molecule has 0 bridgehead atoms. The summed E-state index contributed by atoms with van der Waals surface area (Å²) in [4.78, 5) is 16.9. The van der Waals surface area contributed by atoms with Crippen molar-refractivity contribution in [3.05, 3.63) is 47.2 Å². The van der Waals surface area contributed by atoms with Crippen LogP contribution in [-0.2, 0) is 19.5 Å². The number of rotatable bonds is 7. The van der Waals surface area contributed by atoms with Crippen molar-refractivity contribution < 1.29 is 22.7 Å². The Bertz CT molecular complexity index is 1070. The molecule has 2 aliphatic heterocycles. The average molecular weight is 481 g/mol. The monoisotopic (exact) mass is 480 g/mol. The van der Waals surface area contributed by atoms with Crippen LogP contribution < -0.4 is 10.6 Å². The molecule has 2 N–H and O–H groups in total. The van der Waals surface area contributed by atoms with E-state index in [1.165, 1.54) is 28.7 Å². The highest BCUT2D eigenvalue weighted by atomic mass is 35.5. The lowest BCUT2D eigenvalue weighted by Gasteiger charge is -2.26. The molecular formula is C21H25ClN4O5S. The zero-order chi connectivity index (χ0) is 22.6. The maximum atomic E-state index is 13.1. The predicted octanol–water partition coefficient (Wildman–Crippen LogP) is 2.60. The molecule has 1 amide bonds. The van der Waals surface area contributed by atoms with Crippen LogP contribution in [0.3, 0.4) is 0 Å². The molecule has 1 aromatic carbocycles. The van der Waals surface area contributed by atoms with Crippen LogP contribution in [0.25, 0.3) is 0 Å². The number of morpholine rings is 1. The largest absolute Gasteiger partial charge is 0.381 e. The lowest BCUT2D eigenvalue weighted by atomic mass is 10.2. The summed E-state index contributed by atoms with van der Waals surface area (Å²) in [5.74, 6) is -0.492. The Kier molecular flexibility index (Phi) is 7.27. The summed E-state index contributed by atoms with van der Waals surface area (Å²) < 4.78 is 38.5. The summed E-state index contributed by atoms with van der Waals surface area (Å²) in [6.07, 6.45) is 3.47. The van der Waals surface area contributed by atoms with Gasteiger partial charge in [-0.25, -0.2) is 8.42 Å². The molecule has 172 valence electrons. The lowest BCUT2D eigenvalue weighted by Crippen LogP contribution is -2.40. The highest BCUT2D eigenvalue weighted by Crippen LogP contribution is 2.29. The number of ether oxygens (including phenoxy) is 2. The van der Waals surface area contributed by atoms with Crippen molar-refractivity contribution in [2.24, 2.45) is 0 Å². The molecule has 2 fully saturated rings. The Labute approximate surface area is 192 Å². The second-order valence-electron chi connectivity index (χ2n) is 7.55. The first-order valence-electron chi connectivity index (χ1n) is 10.4. The zero-order valence-corrected chi connectivity index (χ0v) is 19.0. The van der Waals surface area contributed by atoms with Crippen molar-refractivity contribution in [2.75, 3.05) is 50.1 Å². The van der Waals surface area contributed by atoms with Gasteiger partial charge >= 0.3 is 0 Å². The van der Waals surface area contributed by atoms with E-state index in [9.17, 15) is 13.2 Å². The number of carbonyl (C=O) groups is 1. The summed E-state index contributed by atoms with van der Waals surface area (Å²) in [5, 5.41) is 6.42. The summed E-state index contributed by atoms with van der Waals surface area (Å²) in [5.41, 5.74) is 1.06. The number of benzene rings is 1. The number of halogens is 1. The quantitative estimate of drug-likeness (QED) is 0.626. The van der Waals surface area contributed by atoms with E-state index >= 15 is 0 Å². The molecule has 2 aliphatic rings. The van der Waals surface area contributed by atoms with Crippen LogP contribution in [0, 0.1) is 0 Å². The molecule has 1 atom stereocenters. The predicted molar refractivity (Wildman–Crippen MR) is 121 cm³/mol. The van der Waals surface area contributed by atoms with Gasteiger partial charge in [-0.2, -0.15) is 4.31 Å². The molecule has 2 aromatic rings. The van der Waals surface area contributed by atoms with Crippen LogP contribution in [0.15, 0.2) is 41.4 Å². The molecule has 2 saturated heterocycles. The van der Waals surface area contributed by atoms with E-state index in [0.717, 1.165) is 19.4 Å². The number of sulfonamides is 1. The van der Waals surface area contributed by atoms with Crippen molar-refractivity contribution in [3.8, 4) is 0 Å². The average Bonchev–Trinajstić information content (AvgIpc) is 3.32. The fraction of sp³-hybridized carbons (Fsp3) is 0.429. The Balaban J connectivity index is 1.61. The van der Waals surface area contributed by atoms with Gasteiger partial charge in [0.1, 0.15) is 5.69 Å². The lowest BCUT2D eigenvalue weighted by molar-refractivity contribution is 0.0730. The van der Waals surface area contributed by atoms with E-state index in [1.807, 2.05) is 0 Å². The van der Waals surface area contributed by atoms with Gasteiger partial charge in [-0.15, -0.1) is 0 Å². The second kappa shape index (κ2) is 10.1. The first-order valence-corrected chi connectivity index (χ1v) is 12.3. The minimum Gasteiger partial charge on any atom is -0.381 e. The van der Waals surface area contributed by atoms with Crippen molar-refractivity contribution >= 4 is 38.9 Å². The van der Waals surface area contributed by atoms with Crippen LogP contribution in [0.2, 0.25) is 5.02 Å². The van der Waals surface area contributed by atoms with E-state index in [0.29, 0.717) is 36.2 Å². The molecule has 1 unspecified atom stereocenters.